The van der Waals surface area contributed by atoms with Gasteiger partial charge in [0, 0.05) is 6.07 Å². The van der Waals surface area contributed by atoms with E-state index in [9.17, 15) is 5.11 Å². The number of pyridine rings is 1. The minimum Gasteiger partial charge on any atom is -0.508 e. The topological polar surface area (TPSA) is 45.6 Å². The highest BCUT2D eigenvalue weighted by atomic mass is 32.2. The number of aromatic hydroxyl groups is 1. The first kappa shape index (κ1) is 13.1. The van der Waals surface area contributed by atoms with Crippen LogP contribution in [0, 0.1) is 6.92 Å². The van der Waals surface area contributed by atoms with Gasteiger partial charge in [0.1, 0.15) is 18.1 Å². The zero-order chi connectivity index (χ0) is 14.1. The number of rotatable bonds is 2. The monoisotopic (exact) mass is 288 g/mol. The molecule has 2 aromatic rings. The average Bonchev–Trinajstić information content (AvgIpc) is 2.46. The van der Waals surface area contributed by atoms with Crippen molar-refractivity contribution in [2.24, 2.45) is 0 Å². The van der Waals surface area contributed by atoms with Gasteiger partial charge in [-0.1, -0.05) is 0 Å². The lowest BCUT2D eigenvalue weighted by molar-refractivity contribution is 0.313. The molecule has 0 amide bonds. The number of thioether (sulfide) groups is 1. The number of ether oxygens (including phenoxy) is 1. The Bertz CT molecular complexity index is 646. The maximum Gasteiger partial charge on any atom is 0.143 e. The Labute approximate surface area is 122 Å². The van der Waals surface area contributed by atoms with Gasteiger partial charge in [0.05, 0.1) is 29.1 Å². The highest BCUT2D eigenvalue weighted by Gasteiger charge is 2.20. The SMILES string of the molecule is CSc1ncc(N2CCOc3ccc(O)cc32)cc1C. The molecule has 0 spiro atoms. The number of nitrogens with zero attached hydrogens (tertiary/aromatic N) is 2. The Balaban J connectivity index is 2.04. The zero-order valence-electron chi connectivity index (χ0n) is 11.5. The second-order valence-electron chi connectivity index (χ2n) is 4.67. The van der Waals surface area contributed by atoms with Crippen molar-refractivity contribution in [3.05, 3.63) is 36.0 Å². The Kier molecular flexibility index (Phi) is 3.44. The molecule has 0 radical (unpaired) electrons. The Morgan fingerprint density at radius 2 is 2.20 bits per heavy atom. The van der Waals surface area contributed by atoms with E-state index in [1.807, 2.05) is 12.5 Å². The second kappa shape index (κ2) is 5.25. The van der Waals surface area contributed by atoms with E-state index in [0.717, 1.165) is 34.3 Å². The molecule has 2 heterocycles. The molecule has 20 heavy (non-hydrogen) atoms. The van der Waals surface area contributed by atoms with Gasteiger partial charge in [0.15, 0.2) is 0 Å². The van der Waals surface area contributed by atoms with Gasteiger partial charge in [0.25, 0.3) is 0 Å². The molecule has 1 aliphatic heterocycles. The number of hydrogen-bond acceptors (Lipinski definition) is 5. The summed E-state index contributed by atoms with van der Waals surface area (Å²) in [5, 5.41) is 10.7. The predicted octanol–water partition coefficient (Wildman–Crippen LogP) is 3.35. The van der Waals surface area contributed by atoms with Crippen molar-refractivity contribution in [3.63, 3.8) is 0 Å². The number of aromatic nitrogens is 1. The third-order valence-electron chi connectivity index (χ3n) is 3.33. The molecule has 0 bridgehead atoms. The molecule has 3 rings (SSSR count). The summed E-state index contributed by atoms with van der Waals surface area (Å²) in [7, 11) is 0. The van der Waals surface area contributed by atoms with Gasteiger partial charge in [-0.2, -0.15) is 0 Å². The van der Waals surface area contributed by atoms with E-state index in [2.05, 4.69) is 22.9 Å². The summed E-state index contributed by atoms with van der Waals surface area (Å²) >= 11 is 1.64. The summed E-state index contributed by atoms with van der Waals surface area (Å²) in [6, 6.07) is 7.29. The van der Waals surface area contributed by atoms with Crippen molar-refractivity contribution < 1.29 is 9.84 Å². The van der Waals surface area contributed by atoms with Gasteiger partial charge in [-0.3, -0.25) is 0 Å². The molecule has 0 saturated carbocycles. The molecule has 1 aromatic carbocycles. The summed E-state index contributed by atoms with van der Waals surface area (Å²) in [4.78, 5) is 6.61. The van der Waals surface area contributed by atoms with Gasteiger partial charge < -0.3 is 14.7 Å². The molecular weight excluding hydrogens is 272 g/mol. The molecular formula is C15H16N2O2S. The molecule has 0 atom stereocenters. The van der Waals surface area contributed by atoms with Crippen molar-refractivity contribution in [2.45, 2.75) is 11.9 Å². The van der Waals surface area contributed by atoms with Gasteiger partial charge >= 0.3 is 0 Å². The van der Waals surface area contributed by atoms with E-state index in [1.165, 1.54) is 0 Å². The first-order chi connectivity index (χ1) is 9.69. The van der Waals surface area contributed by atoms with E-state index >= 15 is 0 Å². The molecule has 0 aliphatic carbocycles. The maximum atomic E-state index is 9.69. The van der Waals surface area contributed by atoms with Gasteiger partial charge in [-0.25, -0.2) is 4.98 Å². The zero-order valence-corrected chi connectivity index (χ0v) is 12.3. The molecule has 1 aliphatic rings. The quantitative estimate of drug-likeness (QED) is 0.859. The summed E-state index contributed by atoms with van der Waals surface area (Å²) in [6.07, 6.45) is 3.90. The molecule has 0 saturated heterocycles. The fourth-order valence-corrected chi connectivity index (χ4v) is 2.92. The van der Waals surface area contributed by atoms with Gasteiger partial charge in [0.2, 0.25) is 0 Å². The number of aryl methyl sites for hydroxylation is 1. The Morgan fingerprint density at radius 3 is 2.95 bits per heavy atom. The third-order valence-corrected chi connectivity index (χ3v) is 4.14. The molecule has 1 aromatic heterocycles. The third kappa shape index (κ3) is 2.29. The van der Waals surface area contributed by atoms with Crippen LogP contribution in [0.15, 0.2) is 35.5 Å². The highest BCUT2D eigenvalue weighted by Crippen LogP contribution is 2.39. The lowest BCUT2D eigenvalue weighted by Gasteiger charge is -2.31. The van der Waals surface area contributed by atoms with Crippen molar-refractivity contribution in [1.82, 2.24) is 4.98 Å². The molecule has 5 heteroatoms. The lowest BCUT2D eigenvalue weighted by atomic mass is 10.2. The van der Waals surface area contributed by atoms with Crippen LogP contribution in [-0.4, -0.2) is 29.5 Å². The molecule has 0 fully saturated rings. The summed E-state index contributed by atoms with van der Waals surface area (Å²) in [5.74, 6) is 1.03. The van der Waals surface area contributed by atoms with E-state index in [0.29, 0.717) is 6.61 Å². The standard InChI is InChI=1S/C15H16N2O2S/c1-10-7-11(9-16-15(10)20-2)17-5-6-19-14-4-3-12(18)8-13(14)17/h3-4,7-9,18H,5-6H2,1-2H3. The smallest absolute Gasteiger partial charge is 0.143 e. The number of phenolic OH excluding ortho intramolecular Hbond substituents is 1. The molecule has 0 unspecified atom stereocenters. The molecule has 4 nitrogen and oxygen atoms in total. The van der Waals surface area contributed by atoms with Crippen LogP contribution in [0.4, 0.5) is 11.4 Å². The minimum absolute atomic E-state index is 0.240. The summed E-state index contributed by atoms with van der Waals surface area (Å²) in [5.41, 5.74) is 3.06. The van der Waals surface area contributed by atoms with Crippen LogP contribution in [-0.2, 0) is 0 Å². The van der Waals surface area contributed by atoms with Crippen LogP contribution in [0.1, 0.15) is 5.56 Å². The Morgan fingerprint density at radius 1 is 1.35 bits per heavy atom. The van der Waals surface area contributed by atoms with Crippen molar-refractivity contribution in [3.8, 4) is 11.5 Å². The minimum atomic E-state index is 0.240. The first-order valence-electron chi connectivity index (χ1n) is 6.43. The van der Waals surface area contributed by atoms with Crippen LogP contribution in [0.3, 0.4) is 0 Å². The largest absolute Gasteiger partial charge is 0.508 e. The number of hydrogen-bond donors (Lipinski definition) is 1. The number of fused-ring (bicyclic) bond motifs is 1. The normalized spacial score (nSPS) is 13.8. The fourth-order valence-electron chi connectivity index (χ4n) is 2.38. The van der Waals surface area contributed by atoms with E-state index in [4.69, 9.17) is 4.74 Å². The van der Waals surface area contributed by atoms with Crippen LogP contribution in [0.25, 0.3) is 0 Å². The van der Waals surface area contributed by atoms with E-state index in [1.54, 1.807) is 30.0 Å². The second-order valence-corrected chi connectivity index (χ2v) is 5.47. The van der Waals surface area contributed by atoms with Gasteiger partial charge in [-0.05, 0) is 36.9 Å². The first-order valence-corrected chi connectivity index (χ1v) is 7.65. The van der Waals surface area contributed by atoms with E-state index < -0.39 is 0 Å². The number of phenols is 1. The number of anilines is 2. The Hall–Kier alpha value is -1.88. The maximum absolute atomic E-state index is 9.69. The lowest BCUT2D eigenvalue weighted by Crippen LogP contribution is -2.28. The van der Waals surface area contributed by atoms with Crippen LogP contribution >= 0.6 is 11.8 Å². The predicted molar refractivity (Wildman–Crippen MR) is 81.4 cm³/mol. The van der Waals surface area contributed by atoms with E-state index in [-0.39, 0.29) is 5.75 Å². The van der Waals surface area contributed by atoms with Crippen LogP contribution in [0.2, 0.25) is 0 Å². The van der Waals surface area contributed by atoms with Crippen LogP contribution in [0.5, 0.6) is 11.5 Å². The summed E-state index contributed by atoms with van der Waals surface area (Å²) < 4.78 is 5.63. The molecule has 104 valence electrons. The molecule has 1 N–H and O–H groups in total. The van der Waals surface area contributed by atoms with Gasteiger partial charge in [-0.15, -0.1) is 11.8 Å². The van der Waals surface area contributed by atoms with Crippen molar-refractivity contribution in [2.75, 3.05) is 24.3 Å². The van der Waals surface area contributed by atoms with Crippen LogP contribution < -0.4 is 9.64 Å². The summed E-state index contributed by atoms with van der Waals surface area (Å²) in [6.45, 7) is 3.43. The van der Waals surface area contributed by atoms with Crippen molar-refractivity contribution >= 4 is 23.1 Å². The fraction of sp³-hybridized carbons (Fsp3) is 0.267. The van der Waals surface area contributed by atoms with Crippen molar-refractivity contribution in [1.29, 1.82) is 0 Å². The average molecular weight is 288 g/mol. The number of benzene rings is 1. The highest BCUT2D eigenvalue weighted by molar-refractivity contribution is 7.98.